The molecule has 1 heterocycles. The number of hydrogen-bond acceptors (Lipinski definition) is 3. The van der Waals surface area contributed by atoms with Gasteiger partial charge in [-0.1, -0.05) is 19.3 Å². The molecule has 2 rings (SSSR count). The average molecular weight is 261 g/mol. The molecule has 1 aliphatic heterocycles. The fourth-order valence-electron chi connectivity index (χ4n) is 2.69. The van der Waals surface area contributed by atoms with Crippen LogP contribution in [0.5, 0.6) is 0 Å². The highest BCUT2D eigenvalue weighted by Crippen LogP contribution is 2.23. The molecule has 5 nitrogen and oxygen atoms in total. The van der Waals surface area contributed by atoms with Crippen LogP contribution in [0, 0.1) is 0 Å². The van der Waals surface area contributed by atoms with E-state index in [1.54, 1.807) is 11.4 Å². The van der Waals surface area contributed by atoms with E-state index in [2.05, 4.69) is 10.0 Å². The van der Waals surface area contributed by atoms with Crippen molar-refractivity contribution in [2.75, 3.05) is 20.1 Å². The third-order valence-electron chi connectivity index (χ3n) is 3.84. The Morgan fingerprint density at radius 2 is 1.88 bits per heavy atom. The molecular formula is C11H23N3O2S. The van der Waals surface area contributed by atoms with Crippen molar-refractivity contribution in [3.63, 3.8) is 0 Å². The van der Waals surface area contributed by atoms with Crippen LogP contribution in [0.1, 0.15) is 38.5 Å². The van der Waals surface area contributed by atoms with E-state index >= 15 is 0 Å². The maximum Gasteiger partial charge on any atom is 0.279 e. The summed E-state index contributed by atoms with van der Waals surface area (Å²) in [4.78, 5) is 0. The van der Waals surface area contributed by atoms with E-state index in [9.17, 15) is 8.42 Å². The summed E-state index contributed by atoms with van der Waals surface area (Å²) in [5.74, 6) is 0. The third kappa shape index (κ3) is 3.40. The van der Waals surface area contributed by atoms with Crippen molar-refractivity contribution in [3.8, 4) is 0 Å². The molecule has 0 aromatic carbocycles. The largest absolute Gasteiger partial charge is 0.315 e. The van der Waals surface area contributed by atoms with Crippen molar-refractivity contribution in [2.45, 2.75) is 50.6 Å². The molecule has 0 radical (unpaired) electrons. The quantitative estimate of drug-likeness (QED) is 0.772. The Balaban J connectivity index is 1.93. The van der Waals surface area contributed by atoms with Crippen molar-refractivity contribution in [1.82, 2.24) is 14.3 Å². The van der Waals surface area contributed by atoms with Crippen molar-refractivity contribution in [1.29, 1.82) is 0 Å². The summed E-state index contributed by atoms with van der Waals surface area (Å²) in [7, 11) is -1.59. The number of hydrogen-bond donors (Lipinski definition) is 2. The predicted octanol–water partition coefficient (Wildman–Crippen LogP) is 0.447. The molecule has 0 unspecified atom stereocenters. The molecule has 17 heavy (non-hydrogen) atoms. The Hall–Kier alpha value is -0.170. The minimum atomic E-state index is -3.30. The maximum atomic E-state index is 12.2. The summed E-state index contributed by atoms with van der Waals surface area (Å²) < 4.78 is 28.7. The Morgan fingerprint density at radius 3 is 2.47 bits per heavy atom. The molecule has 0 amide bonds. The van der Waals surface area contributed by atoms with Crippen LogP contribution in [-0.2, 0) is 10.2 Å². The molecule has 2 aliphatic rings. The molecule has 2 N–H and O–H groups in total. The van der Waals surface area contributed by atoms with E-state index in [1.165, 1.54) is 6.42 Å². The van der Waals surface area contributed by atoms with E-state index in [4.69, 9.17) is 0 Å². The zero-order valence-corrected chi connectivity index (χ0v) is 11.3. The molecule has 0 aromatic heterocycles. The smallest absolute Gasteiger partial charge is 0.279 e. The van der Waals surface area contributed by atoms with Crippen LogP contribution < -0.4 is 10.0 Å². The Kier molecular flexibility index (Phi) is 4.41. The van der Waals surface area contributed by atoms with E-state index < -0.39 is 10.2 Å². The lowest BCUT2D eigenvalue weighted by Crippen LogP contribution is -2.48. The van der Waals surface area contributed by atoms with Gasteiger partial charge >= 0.3 is 0 Å². The molecule has 0 aromatic rings. The Morgan fingerprint density at radius 1 is 1.18 bits per heavy atom. The van der Waals surface area contributed by atoms with Gasteiger partial charge in [-0.3, -0.25) is 0 Å². The van der Waals surface area contributed by atoms with Crippen molar-refractivity contribution in [2.24, 2.45) is 0 Å². The molecule has 0 spiro atoms. The molecule has 1 aliphatic carbocycles. The lowest BCUT2D eigenvalue weighted by Gasteiger charge is -2.31. The van der Waals surface area contributed by atoms with Crippen LogP contribution in [0.25, 0.3) is 0 Å². The minimum Gasteiger partial charge on any atom is -0.315 e. The van der Waals surface area contributed by atoms with Crippen LogP contribution >= 0.6 is 0 Å². The molecule has 100 valence electrons. The lowest BCUT2D eigenvalue weighted by atomic mass is 9.96. The van der Waals surface area contributed by atoms with Crippen LogP contribution in [0.3, 0.4) is 0 Å². The fraction of sp³-hybridized carbons (Fsp3) is 1.00. The Bertz CT molecular complexity index is 333. The van der Waals surface area contributed by atoms with Crippen LogP contribution in [0.15, 0.2) is 0 Å². The van der Waals surface area contributed by atoms with Gasteiger partial charge in [-0.05, 0) is 25.8 Å². The first-order valence-electron chi connectivity index (χ1n) is 6.55. The van der Waals surface area contributed by atoms with Gasteiger partial charge in [0, 0.05) is 25.7 Å². The zero-order valence-electron chi connectivity index (χ0n) is 10.5. The first kappa shape index (κ1) is 13.3. The molecule has 2 fully saturated rings. The number of rotatable bonds is 4. The van der Waals surface area contributed by atoms with Crippen LogP contribution in [0.2, 0.25) is 0 Å². The monoisotopic (exact) mass is 261 g/mol. The van der Waals surface area contributed by atoms with Gasteiger partial charge in [-0.15, -0.1) is 0 Å². The van der Waals surface area contributed by atoms with E-state index in [1.807, 2.05) is 0 Å². The highest BCUT2D eigenvalue weighted by molar-refractivity contribution is 7.87. The average Bonchev–Trinajstić information content (AvgIpc) is 2.81. The summed E-state index contributed by atoms with van der Waals surface area (Å²) >= 11 is 0. The van der Waals surface area contributed by atoms with Gasteiger partial charge in [0.1, 0.15) is 0 Å². The van der Waals surface area contributed by atoms with Gasteiger partial charge in [0.2, 0.25) is 0 Å². The molecule has 6 heteroatoms. The number of nitrogens with one attached hydrogen (secondary N) is 2. The Labute approximate surface area is 104 Å². The third-order valence-corrected chi connectivity index (χ3v) is 5.53. The molecular weight excluding hydrogens is 238 g/mol. The first-order valence-corrected chi connectivity index (χ1v) is 7.99. The highest BCUT2D eigenvalue weighted by Gasteiger charge is 2.30. The molecule has 1 atom stereocenters. The van der Waals surface area contributed by atoms with Gasteiger partial charge in [0.25, 0.3) is 10.2 Å². The van der Waals surface area contributed by atoms with Gasteiger partial charge in [-0.2, -0.15) is 17.4 Å². The lowest BCUT2D eigenvalue weighted by molar-refractivity contribution is 0.281. The second kappa shape index (κ2) is 5.65. The summed E-state index contributed by atoms with van der Waals surface area (Å²) in [6.45, 7) is 1.65. The zero-order chi connectivity index (χ0) is 12.3. The van der Waals surface area contributed by atoms with E-state index in [-0.39, 0.29) is 12.1 Å². The molecule has 0 bridgehead atoms. The van der Waals surface area contributed by atoms with Gasteiger partial charge in [-0.25, -0.2) is 0 Å². The minimum absolute atomic E-state index is 0.0611. The molecule has 1 saturated heterocycles. The van der Waals surface area contributed by atoms with Gasteiger partial charge in [0.15, 0.2) is 0 Å². The van der Waals surface area contributed by atoms with Gasteiger partial charge < -0.3 is 5.32 Å². The normalized spacial score (nSPS) is 27.8. The SMILES string of the molecule is CN(C1CCCCC1)S(=O)(=O)N[C@@H]1CCNC1. The topological polar surface area (TPSA) is 61.4 Å². The summed E-state index contributed by atoms with van der Waals surface area (Å²) in [6, 6.07) is 0.252. The highest BCUT2D eigenvalue weighted by atomic mass is 32.2. The standard InChI is InChI=1S/C11H23N3O2S/c1-14(11-5-3-2-4-6-11)17(15,16)13-10-7-8-12-9-10/h10-13H,2-9H2,1H3/t10-/m1/s1. The predicted molar refractivity (Wildman–Crippen MR) is 68.0 cm³/mol. The molecule has 1 saturated carbocycles. The van der Waals surface area contributed by atoms with Crippen molar-refractivity contribution in [3.05, 3.63) is 0 Å². The summed E-state index contributed by atoms with van der Waals surface area (Å²) in [5, 5.41) is 3.17. The second-order valence-corrected chi connectivity index (χ2v) is 6.88. The van der Waals surface area contributed by atoms with Gasteiger partial charge in [0.05, 0.1) is 0 Å². The summed E-state index contributed by atoms with van der Waals surface area (Å²) in [6.07, 6.45) is 6.42. The first-order chi connectivity index (χ1) is 8.09. The summed E-state index contributed by atoms with van der Waals surface area (Å²) in [5.41, 5.74) is 0. The van der Waals surface area contributed by atoms with E-state index in [0.717, 1.165) is 45.2 Å². The van der Waals surface area contributed by atoms with Crippen molar-refractivity contribution >= 4 is 10.2 Å². The van der Waals surface area contributed by atoms with Crippen LogP contribution in [-0.4, -0.2) is 44.9 Å². The van der Waals surface area contributed by atoms with Crippen LogP contribution in [0.4, 0.5) is 0 Å². The second-order valence-electron chi connectivity index (χ2n) is 5.12. The fourth-order valence-corrected chi connectivity index (χ4v) is 4.08. The van der Waals surface area contributed by atoms with E-state index in [0.29, 0.717) is 0 Å². The maximum absolute atomic E-state index is 12.2. The van der Waals surface area contributed by atoms with Crippen molar-refractivity contribution < 1.29 is 8.42 Å². The number of nitrogens with zero attached hydrogens (tertiary/aromatic N) is 1.